The highest BCUT2D eigenvalue weighted by atomic mass is 35.5. The Morgan fingerprint density at radius 3 is 2.70 bits per heavy atom. The van der Waals surface area contributed by atoms with Crippen LogP contribution in [-0.2, 0) is 24.3 Å². The first kappa shape index (κ1) is 23.9. The van der Waals surface area contributed by atoms with Crippen molar-refractivity contribution in [3.8, 4) is 23.0 Å². The average molecular weight is 520 g/mol. The fraction of sp³-hybridized carbons (Fsp3) is 0.276. The Morgan fingerprint density at radius 2 is 1.89 bits per heavy atom. The predicted octanol–water partition coefficient (Wildman–Crippen LogP) is 5.53. The second-order valence-corrected chi connectivity index (χ2v) is 9.76. The number of ketones is 1. The number of carbonyl (C=O) groups is 1. The molecule has 3 aliphatic rings. The Bertz CT molecular complexity index is 1420. The van der Waals surface area contributed by atoms with Gasteiger partial charge in [-0.25, -0.2) is 0 Å². The third kappa shape index (κ3) is 4.55. The van der Waals surface area contributed by atoms with Crippen LogP contribution in [0.4, 0.5) is 0 Å². The van der Waals surface area contributed by atoms with Crippen LogP contribution >= 0.6 is 11.6 Å². The van der Waals surface area contributed by atoms with E-state index in [-0.39, 0.29) is 18.3 Å². The summed E-state index contributed by atoms with van der Waals surface area (Å²) in [4.78, 5) is 15.6. The minimum absolute atomic E-state index is 0.151. The summed E-state index contributed by atoms with van der Waals surface area (Å²) in [6.07, 6.45) is 2.58. The molecule has 6 rings (SSSR count). The van der Waals surface area contributed by atoms with E-state index in [1.807, 2.05) is 25.1 Å². The second kappa shape index (κ2) is 9.74. The first-order chi connectivity index (χ1) is 18.0. The summed E-state index contributed by atoms with van der Waals surface area (Å²) in [6.45, 7) is 4.50. The quantitative estimate of drug-likeness (QED) is 0.410. The normalized spacial score (nSPS) is 17.4. The van der Waals surface area contributed by atoms with Gasteiger partial charge in [-0.2, -0.15) is 0 Å². The number of rotatable bonds is 5. The summed E-state index contributed by atoms with van der Waals surface area (Å²) >= 11 is 6.30. The van der Waals surface area contributed by atoms with Crippen LogP contribution in [0.2, 0.25) is 5.02 Å². The largest absolute Gasteiger partial charge is 0.497 e. The summed E-state index contributed by atoms with van der Waals surface area (Å²) in [6, 6.07) is 13.6. The number of benzene rings is 3. The Balaban J connectivity index is 1.23. The number of nitrogens with zero attached hydrogens (tertiary/aromatic N) is 1. The second-order valence-electron chi connectivity index (χ2n) is 9.32. The SMILES string of the molecule is COc1ccc(CCN2COc3c(cc4c(c3C)O/C(=C\c3cc(Cl)cc5c3OCOC5)C4=O)C2)cc1. The third-order valence-electron chi connectivity index (χ3n) is 6.87. The Hall–Kier alpha value is -3.52. The molecule has 3 heterocycles. The highest BCUT2D eigenvalue weighted by Crippen LogP contribution is 2.44. The molecule has 0 atom stereocenters. The maximum Gasteiger partial charge on any atom is 0.231 e. The molecule has 7 nitrogen and oxygen atoms in total. The van der Waals surface area contributed by atoms with E-state index >= 15 is 0 Å². The summed E-state index contributed by atoms with van der Waals surface area (Å²) in [7, 11) is 1.67. The van der Waals surface area contributed by atoms with Gasteiger partial charge in [0.05, 0.1) is 19.3 Å². The predicted molar refractivity (Wildman–Crippen MR) is 138 cm³/mol. The van der Waals surface area contributed by atoms with Crippen LogP contribution in [0.5, 0.6) is 23.0 Å². The fourth-order valence-corrected chi connectivity index (χ4v) is 5.23. The Labute approximate surface area is 220 Å². The highest BCUT2D eigenvalue weighted by molar-refractivity contribution is 6.31. The lowest BCUT2D eigenvalue weighted by Crippen LogP contribution is -2.34. The minimum atomic E-state index is -0.169. The molecule has 3 aromatic rings. The molecule has 0 radical (unpaired) electrons. The molecule has 3 aromatic carbocycles. The lowest BCUT2D eigenvalue weighted by molar-refractivity contribution is -0.0165. The van der Waals surface area contributed by atoms with Crippen molar-refractivity contribution in [2.75, 3.05) is 27.2 Å². The molecule has 0 saturated heterocycles. The average Bonchev–Trinajstić information content (AvgIpc) is 3.22. The van der Waals surface area contributed by atoms with Gasteiger partial charge < -0.3 is 23.7 Å². The van der Waals surface area contributed by atoms with Crippen molar-refractivity contribution in [1.82, 2.24) is 4.90 Å². The van der Waals surface area contributed by atoms with Gasteiger partial charge in [0.15, 0.2) is 12.6 Å². The van der Waals surface area contributed by atoms with E-state index in [1.165, 1.54) is 5.56 Å². The molecule has 190 valence electrons. The number of methoxy groups -OCH3 is 1. The van der Waals surface area contributed by atoms with E-state index < -0.39 is 0 Å². The van der Waals surface area contributed by atoms with Crippen LogP contribution < -0.4 is 18.9 Å². The molecule has 0 aliphatic carbocycles. The molecule has 0 bridgehead atoms. The third-order valence-corrected chi connectivity index (χ3v) is 7.09. The number of allylic oxidation sites excluding steroid dienone is 1. The van der Waals surface area contributed by atoms with Gasteiger partial charge in [0.2, 0.25) is 5.78 Å². The van der Waals surface area contributed by atoms with Crippen LogP contribution in [0.1, 0.15) is 38.2 Å². The van der Waals surface area contributed by atoms with Crippen molar-refractivity contribution in [3.05, 3.63) is 86.6 Å². The summed E-state index contributed by atoms with van der Waals surface area (Å²) in [5, 5.41) is 0.539. The van der Waals surface area contributed by atoms with Gasteiger partial charge in [-0.15, -0.1) is 0 Å². The monoisotopic (exact) mass is 519 g/mol. The highest BCUT2D eigenvalue weighted by Gasteiger charge is 2.34. The van der Waals surface area contributed by atoms with Gasteiger partial charge in [-0.3, -0.25) is 9.69 Å². The Kier molecular flexibility index (Phi) is 6.28. The van der Waals surface area contributed by atoms with Crippen LogP contribution in [0.15, 0.2) is 48.2 Å². The van der Waals surface area contributed by atoms with E-state index in [9.17, 15) is 4.79 Å². The molecule has 37 heavy (non-hydrogen) atoms. The van der Waals surface area contributed by atoms with Crippen LogP contribution in [0.3, 0.4) is 0 Å². The van der Waals surface area contributed by atoms with Crippen molar-refractivity contribution in [3.63, 3.8) is 0 Å². The zero-order chi connectivity index (χ0) is 25.5. The molecule has 0 unspecified atom stereocenters. The number of ether oxygens (including phenoxy) is 5. The molecule has 0 saturated carbocycles. The molecule has 0 spiro atoms. The summed E-state index contributed by atoms with van der Waals surface area (Å²) in [5.74, 6) is 2.90. The van der Waals surface area contributed by atoms with Gasteiger partial charge in [-0.05, 0) is 55.3 Å². The molecular formula is C29H26ClNO6. The van der Waals surface area contributed by atoms with Crippen molar-refractivity contribution < 1.29 is 28.5 Å². The van der Waals surface area contributed by atoms with Crippen LogP contribution in [0, 0.1) is 6.92 Å². The number of hydrogen-bond acceptors (Lipinski definition) is 7. The number of Topliss-reactive ketones (excluding diaryl/α,β-unsaturated/α-hetero) is 1. The van der Waals surface area contributed by atoms with E-state index in [1.54, 1.807) is 25.3 Å². The van der Waals surface area contributed by atoms with Crippen LogP contribution in [-0.4, -0.2) is 37.9 Å². The molecular weight excluding hydrogens is 494 g/mol. The summed E-state index contributed by atoms with van der Waals surface area (Å²) in [5.41, 5.74) is 5.11. The first-order valence-corrected chi connectivity index (χ1v) is 12.5. The van der Waals surface area contributed by atoms with Gasteiger partial charge in [0, 0.05) is 40.4 Å². The maximum atomic E-state index is 13.4. The zero-order valence-corrected chi connectivity index (χ0v) is 21.4. The molecule has 0 fully saturated rings. The van der Waals surface area contributed by atoms with Gasteiger partial charge in [0.1, 0.15) is 29.7 Å². The van der Waals surface area contributed by atoms with Crippen molar-refractivity contribution in [1.29, 1.82) is 0 Å². The standard InChI is InChI=1S/C29H26ClNO6/c1-17-27-20(13-31(15-35-27)8-7-18-3-5-23(33-2)6-4-18)11-24-26(32)25(37-28(17)24)12-19-9-22(30)10-21-14-34-16-36-29(19)21/h3-6,9-12H,7-8,13-16H2,1-2H3/b25-12-. The van der Waals surface area contributed by atoms with Gasteiger partial charge in [-0.1, -0.05) is 23.7 Å². The number of halogens is 1. The van der Waals surface area contributed by atoms with Gasteiger partial charge in [0.25, 0.3) is 0 Å². The van der Waals surface area contributed by atoms with Crippen molar-refractivity contribution >= 4 is 23.5 Å². The number of fused-ring (bicyclic) bond motifs is 3. The lowest BCUT2D eigenvalue weighted by Gasteiger charge is -2.30. The molecule has 0 amide bonds. The zero-order valence-electron chi connectivity index (χ0n) is 20.6. The molecule has 8 heteroatoms. The number of hydrogen-bond donors (Lipinski definition) is 0. The van der Waals surface area contributed by atoms with Crippen molar-refractivity contribution in [2.45, 2.75) is 26.5 Å². The van der Waals surface area contributed by atoms with Gasteiger partial charge >= 0.3 is 0 Å². The van der Waals surface area contributed by atoms with E-state index in [4.69, 9.17) is 35.3 Å². The maximum absolute atomic E-state index is 13.4. The topological polar surface area (TPSA) is 66.5 Å². The number of carbonyl (C=O) groups excluding carboxylic acids is 1. The van der Waals surface area contributed by atoms with E-state index in [2.05, 4.69) is 17.0 Å². The molecule has 0 N–H and O–H groups in total. The van der Waals surface area contributed by atoms with Crippen molar-refractivity contribution in [2.24, 2.45) is 0 Å². The Morgan fingerprint density at radius 1 is 1.05 bits per heavy atom. The van der Waals surface area contributed by atoms with E-state index in [0.29, 0.717) is 47.5 Å². The minimum Gasteiger partial charge on any atom is -0.497 e. The lowest BCUT2D eigenvalue weighted by atomic mass is 9.99. The van der Waals surface area contributed by atoms with E-state index in [0.717, 1.165) is 41.2 Å². The van der Waals surface area contributed by atoms with Crippen LogP contribution in [0.25, 0.3) is 6.08 Å². The fourth-order valence-electron chi connectivity index (χ4n) is 4.98. The first-order valence-electron chi connectivity index (χ1n) is 12.1. The molecule has 3 aliphatic heterocycles. The summed E-state index contributed by atoms with van der Waals surface area (Å²) < 4.78 is 28.5. The molecule has 0 aromatic heterocycles. The smallest absolute Gasteiger partial charge is 0.231 e.